The molecule has 0 saturated carbocycles. The first kappa shape index (κ1) is 9.50. The van der Waals surface area contributed by atoms with Crippen LogP contribution in [-0.4, -0.2) is 12.0 Å². The summed E-state index contributed by atoms with van der Waals surface area (Å²) in [5.41, 5.74) is 1.58. The third kappa shape index (κ3) is 2.87. The first-order valence-corrected chi connectivity index (χ1v) is 3.50. The number of allylic oxidation sites excluding steroid dienone is 1. The van der Waals surface area contributed by atoms with Crippen LogP contribution in [0.25, 0.3) is 0 Å². The molecule has 0 bridgehead atoms. The van der Waals surface area contributed by atoms with Gasteiger partial charge in [-0.2, -0.15) is 0 Å². The van der Waals surface area contributed by atoms with Crippen molar-refractivity contribution in [2.24, 2.45) is 0 Å². The predicted molar refractivity (Wildman–Crippen MR) is 40.9 cm³/mol. The zero-order valence-electron chi connectivity index (χ0n) is 6.40. The Hall–Kier alpha value is -0.500. The monoisotopic (exact) mass is 162 g/mol. The minimum absolute atomic E-state index is 0.0799. The van der Waals surface area contributed by atoms with Gasteiger partial charge in [-0.15, -0.1) is 0 Å². The second kappa shape index (κ2) is 4.34. The summed E-state index contributed by atoms with van der Waals surface area (Å²) in [6, 6.07) is -0.0799. The first-order chi connectivity index (χ1) is 4.59. The molecule has 0 atom stereocenters. The molecule has 0 rings (SSSR count). The molecule has 0 aromatic carbocycles. The standard InChI is InChI=1S/C7H11ClO2/c1-5(2)6(3)7(9)10-4-8/h4H2,1-3H3. The molecule has 0 aromatic heterocycles. The molecule has 0 aromatic rings. The van der Waals surface area contributed by atoms with E-state index in [9.17, 15) is 4.79 Å². The van der Waals surface area contributed by atoms with Gasteiger partial charge in [-0.1, -0.05) is 17.2 Å². The van der Waals surface area contributed by atoms with Gasteiger partial charge in [0.05, 0.1) is 0 Å². The van der Waals surface area contributed by atoms with Crippen LogP contribution >= 0.6 is 11.6 Å². The average Bonchev–Trinajstić information content (AvgIpc) is 1.87. The maximum Gasteiger partial charge on any atom is 0.334 e. The van der Waals surface area contributed by atoms with E-state index in [-0.39, 0.29) is 12.0 Å². The van der Waals surface area contributed by atoms with Crippen molar-refractivity contribution in [3.8, 4) is 0 Å². The lowest BCUT2D eigenvalue weighted by Gasteiger charge is -2.01. The van der Waals surface area contributed by atoms with Gasteiger partial charge >= 0.3 is 5.97 Å². The molecule has 0 saturated heterocycles. The van der Waals surface area contributed by atoms with E-state index < -0.39 is 0 Å². The topological polar surface area (TPSA) is 26.3 Å². The van der Waals surface area contributed by atoms with Crippen LogP contribution in [0.2, 0.25) is 0 Å². The molecular weight excluding hydrogens is 152 g/mol. The van der Waals surface area contributed by atoms with Gasteiger partial charge in [-0.3, -0.25) is 0 Å². The summed E-state index contributed by atoms with van der Waals surface area (Å²) in [7, 11) is 0. The number of carbonyl (C=O) groups is 1. The number of halogens is 1. The lowest BCUT2D eigenvalue weighted by molar-refractivity contribution is -0.137. The van der Waals surface area contributed by atoms with E-state index >= 15 is 0 Å². The Kier molecular flexibility index (Phi) is 4.12. The Morgan fingerprint density at radius 3 is 2.20 bits per heavy atom. The van der Waals surface area contributed by atoms with E-state index in [1.165, 1.54) is 0 Å². The van der Waals surface area contributed by atoms with Crippen molar-refractivity contribution in [3.05, 3.63) is 11.1 Å². The summed E-state index contributed by atoms with van der Waals surface area (Å²) in [5, 5.41) is 0. The number of ether oxygens (including phenoxy) is 1. The van der Waals surface area contributed by atoms with Gasteiger partial charge in [-0.05, 0) is 20.8 Å². The van der Waals surface area contributed by atoms with Gasteiger partial charge in [0.15, 0.2) is 6.07 Å². The molecule has 0 spiro atoms. The Labute approximate surface area is 65.8 Å². The van der Waals surface area contributed by atoms with Gasteiger partial charge < -0.3 is 4.74 Å². The van der Waals surface area contributed by atoms with E-state index in [0.29, 0.717) is 5.57 Å². The number of hydrogen-bond acceptors (Lipinski definition) is 2. The molecule has 10 heavy (non-hydrogen) atoms. The Balaban J connectivity index is 4.09. The third-order valence-electron chi connectivity index (χ3n) is 1.24. The summed E-state index contributed by atoms with van der Waals surface area (Å²) in [4.78, 5) is 10.8. The smallest absolute Gasteiger partial charge is 0.334 e. The van der Waals surface area contributed by atoms with Gasteiger partial charge in [0.25, 0.3) is 0 Å². The van der Waals surface area contributed by atoms with Crippen LogP contribution in [-0.2, 0) is 9.53 Å². The predicted octanol–water partition coefficient (Wildman–Crippen LogP) is 2.08. The van der Waals surface area contributed by atoms with Crippen molar-refractivity contribution in [1.82, 2.24) is 0 Å². The van der Waals surface area contributed by atoms with E-state index in [0.717, 1.165) is 5.57 Å². The Morgan fingerprint density at radius 1 is 1.40 bits per heavy atom. The number of esters is 1. The number of hydrogen-bond donors (Lipinski definition) is 0. The van der Waals surface area contributed by atoms with Crippen LogP contribution in [0.5, 0.6) is 0 Å². The van der Waals surface area contributed by atoms with Gasteiger partial charge in [0, 0.05) is 5.57 Å². The minimum atomic E-state index is -0.338. The van der Waals surface area contributed by atoms with Crippen LogP contribution in [0, 0.1) is 0 Å². The lowest BCUT2D eigenvalue weighted by atomic mass is 10.2. The molecule has 0 fully saturated rings. The number of rotatable bonds is 2. The van der Waals surface area contributed by atoms with Gasteiger partial charge in [-0.25, -0.2) is 4.79 Å². The van der Waals surface area contributed by atoms with Crippen LogP contribution in [0.1, 0.15) is 20.8 Å². The van der Waals surface area contributed by atoms with Crippen LogP contribution in [0.4, 0.5) is 0 Å². The van der Waals surface area contributed by atoms with Gasteiger partial charge in [0.2, 0.25) is 0 Å². The van der Waals surface area contributed by atoms with Crippen molar-refractivity contribution in [2.45, 2.75) is 20.8 Å². The van der Waals surface area contributed by atoms with E-state index in [2.05, 4.69) is 4.74 Å². The summed E-state index contributed by atoms with van der Waals surface area (Å²) < 4.78 is 4.53. The summed E-state index contributed by atoms with van der Waals surface area (Å²) in [5.74, 6) is -0.338. The van der Waals surface area contributed by atoms with Crippen molar-refractivity contribution < 1.29 is 9.53 Å². The maximum atomic E-state index is 10.8. The SMILES string of the molecule is CC(C)=C(C)C(=O)OCCl. The van der Waals surface area contributed by atoms with Crippen molar-refractivity contribution >= 4 is 17.6 Å². The number of alkyl halides is 1. The van der Waals surface area contributed by atoms with Crippen molar-refractivity contribution in [1.29, 1.82) is 0 Å². The second-order valence-corrected chi connectivity index (χ2v) is 2.38. The van der Waals surface area contributed by atoms with Crippen LogP contribution < -0.4 is 0 Å². The highest BCUT2D eigenvalue weighted by Crippen LogP contribution is 2.03. The Bertz CT molecular complexity index is 157. The molecule has 2 nitrogen and oxygen atoms in total. The molecule has 0 unspecified atom stereocenters. The molecule has 0 radical (unpaired) electrons. The zero-order chi connectivity index (χ0) is 8.15. The zero-order valence-corrected chi connectivity index (χ0v) is 7.16. The van der Waals surface area contributed by atoms with Crippen molar-refractivity contribution in [2.75, 3.05) is 6.07 Å². The number of carbonyl (C=O) groups excluding carboxylic acids is 1. The summed E-state index contributed by atoms with van der Waals surface area (Å²) in [6.45, 7) is 5.42. The van der Waals surface area contributed by atoms with E-state index in [1.807, 2.05) is 13.8 Å². The molecule has 0 aliphatic carbocycles. The molecule has 0 aliphatic heterocycles. The van der Waals surface area contributed by atoms with E-state index in [1.54, 1.807) is 6.92 Å². The second-order valence-electron chi connectivity index (χ2n) is 2.17. The fraction of sp³-hybridized carbons (Fsp3) is 0.571. The van der Waals surface area contributed by atoms with Crippen molar-refractivity contribution in [3.63, 3.8) is 0 Å². The molecule has 0 aliphatic rings. The highest BCUT2D eigenvalue weighted by atomic mass is 35.5. The highest BCUT2D eigenvalue weighted by Gasteiger charge is 2.04. The highest BCUT2D eigenvalue weighted by molar-refractivity contribution is 6.17. The molecule has 0 N–H and O–H groups in total. The third-order valence-corrected chi connectivity index (χ3v) is 1.35. The lowest BCUT2D eigenvalue weighted by Crippen LogP contribution is -2.05. The molecule has 3 heteroatoms. The molecule has 0 heterocycles. The quantitative estimate of drug-likeness (QED) is 0.353. The average molecular weight is 163 g/mol. The van der Waals surface area contributed by atoms with Crippen LogP contribution in [0.3, 0.4) is 0 Å². The first-order valence-electron chi connectivity index (χ1n) is 2.96. The molecule has 58 valence electrons. The Morgan fingerprint density at radius 2 is 1.90 bits per heavy atom. The largest absolute Gasteiger partial charge is 0.446 e. The minimum Gasteiger partial charge on any atom is -0.446 e. The molecular formula is C7H11ClO2. The van der Waals surface area contributed by atoms with Gasteiger partial charge in [0.1, 0.15) is 0 Å². The maximum absolute atomic E-state index is 10.8. The normalized spacial score (nSPS) is 8.80. The fourth-order valence-electron chi connectivity index (χ4n) is 0.362. The summed E-state index contributed by atoms with van der Waals surface area (Å²) >= 11 is 5.18. The van der Waals surface area contributed by atoms with Crippen LogP contribution in [0.15, 0.2) is 11.1 Å². The van der Waals surface area contributed by atoms with E-state index in [4.69, 9.17) is 11.6 Å². The molecule has 0 amide bonds. The fourth-order valence-corrected chi connectivity index (χ4v) is 0.461. The summed E-state index contributed by atoms with van der Waals surface area (Å²) in [6.07, 6.45) is 0.